The zero-order valence-electron chi connectivity index (χ0n) is 16.2. The van der Waals surface area contributed by atoms with Gasteiger partial charge in [0.1, 0.15) is 11.2 Å². The van der Waals surface area contributed by atoms with Crippen molar-refractivity contribution in [2.24, 2.45) is 0 Å². The Labute approximate surface area is 180 Å². The fourth-order valence-electron chi connectivity index (χ4n) is 3.04. The highest BCUT2D eigenvalue weighted by atomic mass is 35.5. The summed E-state index contributed by atoms with van der Waals surface area (Å²) in [5.74, 6) is -0.564. The molecule has 0 fully saturated rings. The number of halogens is 1. The molecule has 0 radical (unpaired) electrons. The van der Waals surface area contributed by atoms with Crippen molar-refractivity contribution in [3.8, 4) is 0 Å². The lowest BCUT2D eigenvalue weighted by Crippen LogP contribution is -2.41. The standard InChI is InChI=1S/C21H19N3O4S.ClH/c1-24(2)15-8-10-16(11-9-15)29(26,27)23-22-21(25)14-7-12-20-18(13-14)17-5-3-4-6-19(17)28-20;/h3-13,23H,1-2H3,(H,22,25);1H. The number of furan rings is 1. The monoisotopic (exact) mass is 445 g/mol. The van der Waals surface area contributed by atoms with Crippen LogP contribution in [0.3, 0.4) is 0 Å². The van der Waals surface area contributed by atoms with Crippen molar-refractivity contribution in [3.05, 3.63) is 72.3 Å². The minimum Gasteiger partial charge on any atom is -0.456 e. The van der Waals surface area contributed by atoms with Gasteiger partial charge in [-0.2, -0.15) is 0 Å². The predicted molar refractivity (Wildman–Crippen MR) is 120 cm³/mol. The highest BCUT2D eigenvalue weighted by Gasteiger charge is 2.17. The number of sulfonamides is 1. The molecule has 3 aromatic carbocycles. The molecule has 156 valence electrons. The molecule has 30 heavy (non-hydrogen) atoms. The van der Waals surface area contributed by atoms with Crippen LogP contribution < -0.4 is 15.2 Å². The maximum absolute atomic E-state index is 12.5. The Balaban J connectivity index is 0.00000256. The van der Waals surface area contributed by atoms with Gasteiger partial charge in [-0.25, -0.2) is 8.42 Å². The Morgan fingerprint density at radius 3 is 2.27 bits per heavy atom. The van der Waals surface area contributed by atoms with Crippen LogP contribution >= 0.6 is 12.4 Å². The van der Waals surface area contributed by atoms with Crippen molar-refractivity contribution in [3.63, 3.8) is 0 Å². The van der Waals surface area contributed by atoms with Crippen LogP contribution in [0, 0.1) is 0 Å². The average Bonchev–Trinajstić information content (AvgIpc) is 3.10. The first kappa shape index (κ1) is 21.6. The summed E-state index contributed by atoms with van der Waals surface area (Å²) in [7, 11) is -0.165. The van der Waals surface area contributed by atoms with E-state index in [4.69, 9.17) is 4.42 Å². The zero-order valence-corrected chi connectivity index (χ0v) is 17.9. The van der Waals surface area contributed by atoms with E-state index in [1.54, 1.807) is 30.3 Å². The molecule has 0 saturated heterocycles. The first-order valence-corrected chi connectivity index (χ1v) is 10.3. The molecule has 4 aromatic rings. The number of fused-ring (bicyclic) bond motifs is 3. The van der Waals surface area contributed by atoms with Crippen LogP contribution in [0.15, 0.2) is 76.0 Å². The number of nitrogens with one attached hydrogen (secondary N) is 2. The van der Waals surface area contributed by atoms with E-state index in [2.05, 4.69) is 10.3 Å². The van der Waals surface area contributed by atoms with E-state index in [0.29, 0.717) is 11.1 Å². The first-order chi connectivity index (χ1) is 13.8. The Bertz CT molecular complexity index is 1320. The number of hydrogen-bond donors (Lipinski definition) is 2. The van der Waals surface area contributed by atoms with Crippen molar-refractivity contribution in [2.45, 2.75) is 4.90 Å². The van der Waals surface area contributed by atoms with Crippen molar-refractivity contribution in [1.29, 1.82) is 0 Å². The van der Waals surface area contributed by atoms with E-state index >= 15 is 0 Å². The highest BCUT2D eigenvalue weighted by Crippen LogP contribution is 2.29. The summed E-state index contributed by atoms with van der Waals surface area (Å²) in [6, 6.07) is 18.8. The molecule has 4 rings (SSSR count). The molecule has 0 atom stereocenters. The van der Waals surface area contributed by atoms with Gasteiger partial charge in [-0.05, 0) is 48.5 Å². The van der Waals surface area contributed by atoms with E-state index in [0.717, 1.165) is 22.0 Å². The van der Waals surface area contributed by atoms with Gasteiger partial charge in [0, 0.05) is 36.1 Å². The summed E-state index contributed by atoms with van der Waals surface area (Å²) < 4.78 is 30.6. The lowest BCUT2D eigenvalue weighted by molar-refractivity contribution is 0.0945. The van der Waals surface area contributed by atoms with Crippen LogP contribution in [0.4, 0.5) is 5.69 Å². The molecule has 1 aromatic heterocycles. The molecular weight excluding hydrogens is 426 g/mol. The molecule has 9 heteroatoms. The van der Waals surface area contributed by atoms with Crippen molar-refractivity contribution in [1.82, 2.24) is 10.3 Å². The number of rotatable bonds is 5. The fourth-order valence-corrected chi connectivity index (χ4v) is 3.87. The largest absolute Gasteiger partial charge is 0.456 e. The lowest BCUT2D eigenvalue weighted by atomic mass is 10.1. The number of hydrogen-bond acceptors (Lipinski definition) is 5. The maximum Gasteiger partial charge on any atom is 0.266 e. The number of nitrogens with zero attached hydrogens (tertiary/aromatic N) is 1. The van der Waals surface area contributed by atoms with Gasteiger partial charge in [-0.1, -0.05) is 18.2 Å². The molecule has 7 nitrogen and oxygen atoms in total. The van der Waals surface area contributed by atoms with Gasteiger partial charge in [0.25, 0.3) is 15.9 Å². The molecule has 0 aliphatic heterocycles. The first-order valence-electron chi connectivity index (χ1n) is 8.86. The van der Waals surface area contributed by atoms with E-state index in [9.17, 15) is 13.2 Å². The molecule has 1 heterocycles. The Kier molecular flexibility index (Phi) is 6.02. The number of para-hydroxylation sites is 1. The summed E-state index contributed by atoms with van der Waals surface area (Å²) in [5, 5.41) is 1.68. The van der Waals surface area contributed by atoms with Crippen molar-refractivity contribution >= 4 is 56.0 Å². The molecule has 0 aliphatic rings. The number of amides is 1. The van der Waals surface area contributed by atoms with Crippen LogP contribution in [-0.2, 0) is 10.0 Å². The van der Waals surface area contributed by atoms with Crippen LogP contribution in [0.5, 0.6) is 0 Å². The summed E-state index contributed by atoms with van der Waals surface area (Å²) in [5.41, 5.74) is 4.83. The topological polar surface area (TPSA) is 91.7 Å². The minimum atomic E-state index is -3.89. The Morgan fingerprint density at radius 2 is 1.57 bits per heavy atom. The quantitative estimate of drug-likeness (QED) is 0.457. The van der Waals surface area contributed by atoms with E-state index in [1.165, 1.54) is 12.1 Å². The molecule has 0 bridgehead atoms. The number of benzene rings is 3. The van der Waals surface area contributed by atoms with Gasteiger partial charge in [0.05, 0.1) is 4.90 Å². The van der Waals surface area contributed by atoms with Crippen LogP contribution in [-0.4, -0.2) is 28.4 Å². The van der Waals surface area contributed by atoms with Gasteiger partial charge < -0.3 is 9.32 Å². The van der Waals surface area contributed by atoms with Crippen LogP contribution in [0.2, 0.25) is 0 Å². The molecule has 1 amide bonds. The zero-order chi connectivity index (χ0) is 20.6. The number of carbonyl (C=O) groups is 1. The third kappa shape index (κ3) is 4.11. The van der Waals surface area contributed by atoms with E-state index < -0.39 is 15.9 Å². The summed E-state index contributed by atoms with van der Waals surface area (Å²) in [6.07, 6.45) is 0. The SMILES string of the molecule is CN(C)c1ccc(S(=O)(=O)NNC(=O)c2ccc3oc4ccccc4c3c2)cc1.Cl. The average molecular weight is 446 g/mol. The lowest BCUT2D eigenvalue weighted by Gasteiger charge is -2.13. The van der Waals surface area contributed by atoms with Crippen LogP contribution in [0.1, 0.15) is 10.4 Å². The second kappa shape index (κ2) is 8.35. The summed E-state index contributed by atoms with van der Waals surface area (Å²) in [4.78, 5) is 16.5. The van der Waals surface area contributed by atoms with Crippen molar-refractivity contribution in [2.75, 3.05) is 19.0 Å². The molecule has 2 N–H and O–H groups in total. The maximum atomic E-state index is 12.5. The normalized spacial score (nSPS) is 11.3. The van der Waals surface area contributed by atoms with Crippen LogP contribution in [0.25, 0.3) is 21.9 Å². The Morgan fingerprint density at radius 1 is 0.900 bits per heavy atom. The third-order valence-corrected chi connectivity index (χ3v) is 5.86. The van der Waals surface area contributed by atoms with Gasteiger partial charge in [-0.3, -0.25) is 10.2 Å². The second-order valence-corrected chi connectivity index (χ2v) is 8.44. The minimum absolute atomic E-state index is 0. The second-order valence-electron chi connectivity index (χ2n) is 6.76. The number of carbonyl (C=O) groups excluding carboxylic acids is 1. The molecule has 0 unspecified atom stereocenters. The molecule has 0 saturated carbocycles. The van der Waals surface area contributed by atoms with Crippen molar-refractivity contribution < 1.29 is 17.6 Å². The third-order valence-electron chi connectivity index (χ3n) is 4.60. The molecular formula is C21H20ClN3O4S. The smallest absolute Gasteiger partial charge is 0.266 e. The summed E-state index contributed by atoms with van der Waals surface area (Å²) in [6.45, 7) is 0. The predicted octanol–water partition coefficient (Wildman–Crippen LogP) is 3.70. The molecule has 0 aliphatic carbocycles. The summed E-state index contributed by atoms with van der Waals surface area (Å²) >= 11 is 0. The fraction of sp³-hybridized carbons (Fsp3) is 0.0952. The van der Waals surface area contributed by atoms with E-state index in [-0.39, 0.29) is 17.3 Å². The molecule has 0 spiro atoms. The van der Waals surface area contributed by atoms with Gasteiger partial charge >= 0.3 is 0 Å². The number of hydrazine groups is 1. The van der Waals surface area contributed by atoms with Gasteiger partial charge in [0.2, 0.25) is 0 Å². The van der Waals surface area contributed by atoms with E-state index in [1.807, 2.05) is 43.3 Å². The van der Waals surface area contributed by atoms with Gasteiger partial charge in [-0.15, -0.1) is 17.2 Å². The van der Waals surface area contributed by atoms with Gasteiger partial charge in [0.15, 0.2) is 0 Å². The Hall–Kier alpha value is -3.07. The highest BCUT2D eigenvalue weighted by molar-refractivity contribution is 7.89. The number of anilines is 1.